The van der Waals surface area contributed by atoms with E-state index in [1.807, 2.05) is 36.4 Å². The Morgan fingerprint density at radius 2 is 1.80 bits per heavy atom. The van der Waals surface area contributed by atoms with Gasteiger partial charge in [-0.25, -0.2) is 0 Å². The zero-order valence-electron chi connectivity index (χ0n) is 10.9. The Balaban J connectivity index is 1.86. The van der Waals surface area contributed by atoms with Crippen molar-refractivity contribution in [2.24, 2.45) is 5.73 Å². The maximum atomic E-state index is 12.1. The molecule has 0 spiro atoms. The molecule has 0 fully saturated rings. The van der Waals surface area contributed by atoms with Gasteiger partial charge in [-0.15, -0.1) is 0 Å². The van der Waals surface area contributed by atoms with E-state index in [1.54, 1.807) is 12.1 Å². The highest BCUT2D eigenvalue weighted by atomic mass is 35.5. The van der Waals surface area contributed by atoms with Crippen molar-refractivity contribution in [3.05, 3.63) is 59.1 Å². The third-order valence-corrected chi connectivity index (χ3v) is 4.60. The smallest absolute Gasteiger partial charge is 0.119 e. The number of hydrogen-bond acceptors (Lipinski definition) is 3. The number of hydrogen-bond donors (Lipinski definition) is 1. The first-order valence-corrected chi connectivity index (χ1v) is 7.95. The molecular formula is C15H16ClNO2S. The van der Waals surface area contributed by atoms with Gasteiger partial charge < -0.3 is 10.5 Å². The van der Waals surface area contributed by atoms with Crippen LogP contribution in [0.15, 0.2) is 53.4 Å². The quantitative estimate of drug-likeness (QED) is 0.892. The first-order chi connectivity index (χ1) is 9.70. The van der Waals surface area contributed by atoms with Crippen molar-refractivity contribution in [1.82, 2.24) is 0 Å². The van der Waals surface area contributed by atoms with Crippen molar-refractivity contribution in [2.45, 2.75) is 11.4 Å². The molecule has 3 nitrogen and oxygen atoms in total. The van der Waals surface area contributed by atoms with Crippen molar-refractivity contribution in [3.63, 3.8) is 0 Å². The van der Waals surface area contributed by atoms with Crippen LogP contribution in [0, 0.1) is 0 Å². The predicted molar refractivity (Wildman–Crippen MR) is 82.6 cm³/mol. The molecular weight excluding hydrogens is 294 g/mol. The van der Waals surface area contributed by atoms with E-state index >= 15 is 0 Å². The molecule has 2 aromatic rings. The van der Waals surface area contributed by atoms with E-state index in [9.17, 15) is 4.21 Å². The lowest BCUT2D eigenvalue weighted by atomic mass is 10.2. The van der Waals surface area contributed by atoms with Gasteiger partial charge >= 0.3 is 0 Å². The summed E-state index contributed by atoms with van der Waals surface area (Å²) in [7, 11) is -1.15. The Hall–Kier alpha value is -1.36. The van der Waals surface area contributed by atoms with Gasteiger partial charge in [-0.05, 0) is 29.8 Å². The SMILES string of the molecule is NCc1ccc(OCCS(=O)c2ccccc2Cl)cc1. The van der Waals surface area contributed by atoms with Crippen LogP contribution >= 0.6 is 11.6 Å². The molecule has 2 aromatic carbocycles. The molecule has 1 unspecified atom stereocenters. The molecule has 0 amide bonds. The molecule has 0 aliphatic heterocycles. The zero-order valence-corrected chi connectivity index (χ0v) is 12.5. The molecule has 106 valence electrons. The second-order valence-corrected chi connectivity index (χ2v) is 6.12. The summed E-state index contributed by atoms with van der Waals surface area (Å²) in [6, 6.07) is 14.7. The van der Waals surface area contributed by atoms with Gasteiger partial charge in [0, 0.05) is 6.54 Å². The summed E-state index contributed by atoms with van der Waals surface area (Å²) >= 11 is 6.00. The Morgan fingerprint density at radius 1 is 1.10 bits per heavy atom. The van der Waals surface area contributed by atoms with Gasteiger partial charge in [-0.1, -0.05) is 35.9 Å². The molecule has 0 saturated heterocycles. The van der Waals surface area contributed by atoms with Gasteiger partial charge in [-0.3, -0.25) is 4.21 Å². The van der Waals surface area contributed by atoms with Gasteiger partial charge in [0.05, 0.1) is 26.5 Å². The van der Waals surface area contributed by atoms with Crippen LogP contribution in [0.25, 0.3) is 0 Å². The zero-order chi connectivity index (χ0) is 14.4. The summed E-state index contributed by atoms with van der Waals surface area (Å²) in [6.07, 6.45) is 0. The van der Waals surface area contributed by atoms with Gasteiger partial charge in [-0.2, -0.15) is 0 Å². The standard InChI is InChI=1S/C15H16ClNO2S/c16-14-3-1-2-4-15(14)20(18)10-9-19-13-7-5-12(11-17)6-8-13/h1-8H,9-11,17H2. The number of benzene rings is 2. The lowest BCUT2D eigenvalue weighted by Crippen LogP contribution is -2.09. The van der Waals surface area contributed by atoms with E-state index < -0.39 is 10.8 Å². The maximum Gasteiger partial charge on any atom is 0.119 e. The summed E-state index contributed by atoms with van der Waals surface area (Å²) < 4.78 is 17.6. The number of ether oxygens (including phenoxy) is 1. The molecule has 0 aliphatic rings. The summed E-state index contributed by atoms with van der Waals surface area (Å²) in [5.41, 5.74) is 6.58. The molecule has 0 saturated carbocycles. The lowest BCUT2D eigenvalue weighted by Gasteiger charge is -2.07. The van der Waals surface area contributed by atoms with Crippen LogP contribution in [-0.2, 0) is 17.3 Å². The van der Waals surface area contributed by atoms with Crippen LogP contribution in [0.3, 0.4) is 0 Å². The molecule has 0 radical (unpaired) electrons. The molecule has 20 heavy (non-hydrogen) atoms. The minimum absolute atomic E-state index is 0.375. The number of nitrogens with two attached hydrogens (primary N) is 1. The minimum Gasteiger partial charge on any atom is -0.493 e. The minimum atomic E-state index is -1.15. The van der Waals surface area contributed by atoms with Crippen molar-refractivity contribution in [1.29, 1.82) is 0 Å². The van der Waals surface area contributed by atoms with Crippen LogP contribution < -0.4 is 10.5 Å². The van der Waals surface area contributed by atoms with Gasteiger partial charge in [0.2, 0.25) is 0 Å². The topological polar surface area (TPSA) is 52.3 Å². The molecule has 1 atom stereocenters. The lowest BCUT2D eigenvalue weighted by molar-refractivity contribution is 0.342. The average Bonchev–Trinajstić information content (AvgIpc) is 2.48. The molecule has 0 aromatic heterocycles. The first-order valence-electron chi connectivity index (χ1n) is 6.25. The van der Waals surface area contributed by atoms with Crippen LogP contribution in [0.5, 0.6) is 5.75 Å². The highest BCUT2D eigenvalue weighted by Crippen LogP contribution is 2.19. The van der Waals surface area contributed by atoms with E-state index in [1.165, 1.54) is 0 Å². The second-order valence-electron chi connectivity index (χ2n) is 4.18. The fourth-order valence-electron chi connectivity index (χ4n) is 1.70. The predicted octanol–water partition coefficient (Wildman–Crippen LogP) is 2.99. The van der Waals surface area contributed by atoms with E-state index in [-0.39, 0.29) is 0 Å². The summed E-state index contributed by atoms with van der Waals surface area (Å²) in [6.45, 7) is 0.886. The summed E-state index contributed by atoms with van der Waals surface area (Å²) in [5.74, 6) is 1.15. The Bertz CT molecular complexity index is 587. The molecule has 5 heteroatoms. The molecule has 0 bridgehead atoms. The number of halogens is 1. The van der Waals surface area contributed by atoms with Crippen LogP contribution in [0.2, 0.25) is 5.02 Å². The number of rotatable bonds is 6. The summed E-state index contributed by atoms with van der Waals surface area (Å²) in [4.78, 5) is 0.649. The third kappa shape index (κ3) is 4.07. The fourth-order valence-corrected chi connectivity index (χ4v) is 3.06. The average molecular weight is 310 g/mol. The highest BCUT2D eigenvalue weighted by molar-refractivity contribution is 7.85. The Morgan fingerprint density at radius 3 is 2.45 bits per heavy atom. The second kappa shape index (κ2) is 7.43. The highest BCUT2D eigenvalue weighted by Gasteiger charge is 2.07. The van der Waals surface area contributed by atoms with Crippen molar-refractivity contribution < 1.29 is 8.95 Å². The molecule has 0 heterocycles. The van der Waals surface area contributed by atoms with Crippen LogP contribution in [0.4, 0.5) is 0 Å². The third-order valence-electron chi connectivity index (χ3n) is 2.78. The maximum absolute atomic E-state index is 12.1. The molecule has 2 N–H and O–H groups in total. The van der Waals surface area contributed by atoms with E-state index in [2.05, 4.69) is 0 Å². The van der Waals surface area contributed by atoms with Gasteiger partial charge in [0.1, 0.15) is 12.4 Å². The normalized spacial score (nSPS) is 12.1. The van der Waals surface area contributed by atoms with Crippen LogP contribution in [0.1, 0.15) is 5.56 Å². The van der Waals surface area contributed by atoms with Crippen molar-refractivity contribution in [2.75, 3.05) is 12.4 Å². The summed E-state index contributed by atoms with van der Waals surface area (Å²) in [5, 5.41) is 0.526. The largest absolute Gasteiger partial charge is 0.493 e. The Labute approximate surface area is 126 Å². The van der Waals surface area contributed by atoms with Crippen molar-refractivity contribution >= 4 is 22.4 Å². The van der Waals surface area contributed by atoms with Crippen molar-refractivity contribution in [3.8, 4) is 5.75 Å². The first kappa shape index (κ1) is 15.0. The van der Waals surface area contributed by atoms with Gasteiger partial charge in [0.15, 0.2) is 0 Å². The Kier molecular flexibility index (Phi) is 5.59. The fraction of sp³-hybridized carbons (Fsp3) is 0.200. The monoisotopic (exact) mass is 309 g/mol. The molecule has 0 aliphatic carbocycles. The van der Waals surface area contributed by atoms with E-state index in [4.69, 9.17) is 22.1 Å². The van der Waals surface area contributed by atoms with Gasteiger partial charge in [0.25, 0.3) is 0 Å². The van der Waals surface area contributed by atoms with E-state index in [0.29, 0.717) is 28.8 Å². The molecule has 2 rings (SSSR count). The van der Waals surface area contributed by atoms with E-state index in [0.717, 1.165) is 11.3 Å². The van der Waals surface area contributed by atoms with Crippen LogP contribution in [-0.4, -0.2) is 16.6 Å².